The summed E-state index contributed by atoms with van der Waals surface area (Å²) in [6.45, 7) is 14.0. The molecule has 0 spiro atoms. The number of aryl methyl sites for hydroxylation is 1. The molecule has 0 aliphatic carbocycles. The lowest BCUT2D eigenvalue weighted by molar-refractivity contribution is 1.26. The largest absolute Gasteiger partial charge is 0.369 e. The topological polar surface area (TPSA) is 54.7 Å². The Morgan fingerprint density at radius 1 is 0.895 bits per heavy atom. The van der Waals surface area contributed by atoms with Crippen molar-refractivity contribution < 1.29 is 0 Å². The van der Waals surface area contributed by atoms with Crippen LogP contribution in [-0.2, 0) is 0 Å². The number of aromatic nitrogens is 2. The smallest absolute Gasteiger partial charge is 0.198 e. The van der Waals surface area contributed by atoms with Crippen molar-refractivity contribution in [2.75, 3.05) is 5.73 Å². The van der Waals surface area contributed by atoms with Gasteiger partial charge in [0, 0.05) is 11.3 Å². The predicted molar refractivity (Wildman–Crippen MR) is 87.2 cm³/mol. The molecule has 1 aromatic carbocycles. The minimum Gasteiger partial charge on any atom is -0.369 e. The summed E-state index contributed by atoms with van der Waals surface area (Å²) in [5, 5.41) is 0. The number of benzene rings is 1. The van der Waals surface area contributed by atoms with Crippen LogP contribution in [0.25, 0.3) is 11.3 Å². The van der Waals surface area contributed by atoms with Gasteiger partial charge in [-0.25, -0.2) is 4.98 Å². The van der Waals surface area contributed by atoms with Crippen LogP contribution >= 0.6 is 0 Å². The van der Waals surface area contributed by atoms with Crippen molar-refractivity contribution in [2.24, 2.45) is 0 Å². The van der Waals surface area contributed by atoms with E-state index >= 15 is 0 Å². The fraction of sp³-hybridized carbons (Fsp3) is 0.438. The van der Waals surface area contributed by atoms with Crippen LogP contribution in [-0.4, -0.2) is 9.97 Å². The number of nitrogens with one attached hydrogen (secondary N) is 1. The SMILES string of the molecule is CC.CC.CC.Cc1[nH]c(N)nc1-c1ccccc1. The quantitative estimate of drug-likeness (QED) is 0.756. The number of nitrogens with two attached hydrogens (primary N) is 1. The molecule has 2 rings (SSSR count). The molecule has 0 fully saturated rings. The molecule has 0 aliphatic heterocycles. The zero-order chi connectivity index (χ0) is 15.3. The maximum atomic E-state index is 5.55. The third kappa shape index (κ3) is 6.65. The van der Waals surface area contributed by atoms with Gasteiger partial charge in [0.05, 0.1) is 5.69 Å². The first-order chi connectivity index (χ1) is 9.27. The van der Waals surface area contributed by atoms with Crippen LogP contribution in [0.4, 0.5) is 5.95 Å². The standard InChI is InChI=1S/C10H11N3.3C2H6/c1-7-9(13-10(11)12-7)8-5-3-2-4-6-8;3*1-2/h2-6H,1H3,(H3,11,12,13);3*1-2H3. The van der Waals surface area contributed by atoms with Gasteiger partial charge in [-0.1, -0.05) is 71.9 Å². The Labute approximate surface area is 118 Å². The van der Waals surface area contributed by atoms with Crippen molar-refractivity contribution in [1.29, 1.82) is 0 Å². The molecule has 3 N–H and O–H groups in total. The fourth-order valence-electron chi connectivity index (χ4n) is 1.36. The number of hydrogen-bond acceptors (Lipinski definition) is 2. The molecule has 0 saturated heterocycles. The van der Waals surface area contributed by atoms with Gasteiger partial charge in [0.25, 0.3) is 0 Å². The Balaban J connectivity index is 0. The number of H-pyrrole nitrogens is 1. The molecule has 3 heteroatoms. The van der Waals surface area contributed by atoms with Gasteiger partial charge < -0.3 is 10.7 Å². The van der Waals surface area contributed by atoms with Crippen LogP contribution in [0, 0.1) is 6.92 Å². The normalized spacial score (nSPS) is 7.95. The van der Waals surface area contributed by atoms with Crippen LogP contribution in [0.3, 0.4) is 0 Å². The minimum absolute atomic E-state index is 0.469. The van der Waals surface area contributed by atoms with E-state index in [1.807, 2.05) is 78.8 Å². The molecule has 3 nitrogen and oxygen atoms in total. The van der Waals surface area contributed by atoms with Crippen molar-refractivity contribution in [2.45, 2.75) is 48.5 Å². The summed E-state index contributed by atoms with van der Waals surface area (Å²) >= 11 is 0. The van der Waals surface area contributed by atoms with Crippen LogP contribution < -0.4 is 5.73 Å². The number of hydrogen-bond donors (Lipinski definition) is 2. The van der Waals surface area contributed by atoms with E-state index in [0.717, 1.165) is 17.0 Å². The first-order valence-corrected chi connectivity index (χ1v) is 7.15. The van der Waals surface area contributed by atoms with Crippen molar-refractivity contribution in [3.05, 3.63) is 36.0 Å². The molecule has 0 bridgehead atoms. The third-order valence-corrected chi connectivity index (χ3v) is 1.95. The van der Waals surface area contributed by atoms with Gasteiger partial charge in [-0.15, -0.1) is 0 Å². The summed E-state index contributed by atoms with van der Waals surface area (Å²) in [7, 11) is 0. The van der Waals surface area contributed by atoms with E-state index in [2.05, 4.69) is 9.97 Å². The third-order valence-electron chi connectivity index (χ3n) is 1.95. The number of aromatic amines is 1. The highest BCUT2D eigenvalue weighted by atomic mass is 15.0. The molecule has 1 heterocycles. The number of anilines is 1. The van der Waals surface area contributed by atoms with Crippen LogP contribution in [0.15, 0.2) is 30.3 Å². The van der Waals surface area contributed by atoms with Gasteiger partial charge in [-0.3, -0.25) is 0 Å². The predicted octanol–water partition coefficient (Wildman–Crippen LogP) is 5.05. The summed E-state index contributed by atoms with van der Waals surface area (Å²) in [6.07, 6.45) is 0. The Bertz CT molecular complexity index is 405. The van der Waals surface area contributed by atoms with E-state index < -0.39 is 0 Å². The second-order valence-corrected chi connectivity index (χ2v) is 2.96. The van der Waals surface area contributed by atoms with E-state index in [9.17, 15) is 0 Å². The molecule has 0 atom stereocenters. The van der Waals surface area contributed by atoms with Crippen molar-refractivity contribution >= 4 is 5.95 Å². The zero-order valence-electron chi connectivity index (χ0n) is 13.4. The van der Waals surface area contributed by atoms with Gasteiger partial charge in [0.2, 0.25) is 0 Å². The lowest BCUT2D eigenvalue weighted by Crippen LogP contribution is -1.85. The van der Waals surface area contributed by atoms with Gasteiger partial charge >= 0.3 is 0 Å². The second kappa shape index (κ2) is 12.7. The van der Waals surface area contributed by atoms with Crippen LogP contribution in [0.2, 0.25) is 0 Å². The minimum atomic E-state index is 0.469. The molecule has 1 aromatic heterocycles. The van der Waals surface area contributed by atoms with Crippen molar-refractivity contribution in [3.63, 3.8) is 0 Å². The van der Waals surface area contributed by atoms with E-state index in [4.69, 9.17) is 5.73 Å². The molecule has 2 aromatic rings. The van der Waals surface area contributed by atoms with Gasteiger partial charge in [0.1, 0.15) is 0 Å². The summed E-state index contributed by atoms with van der Waals surface area (Å²) in [4.78, 5) is 7.18. The summed E-state index contributed by atoms with van der Waals surface area (Å²) in [5.41, 5.74) is 8.57. The number of imidazole rings is 1. The lowest BCUT2D eigenvalue weighted by Gasteiger charge is -1.95. The zero-order valence-corrected chi connectivity index (χ0v) is 13.4. The van der Waals surface area contributed by atoms with Crippen LogP contribution in [0.5, 0.6) is 0 Å². The summed E-state index contributed by atoms with van der Waals surface area (Å²) in [5.74, 6) is 0.469. The maximum absolute atomic E-state index is 5.55. The van der Waals surface area contributed by atoms with E-state index in [1.165, 1.54) is 0 Å². The van der Waals surface area contributed by atoms with Crippen molar-refractivity contribution in [3.8, 4) is 11.3 Å². The lowest BCUT2D eigenvalue weighted by atomic mass is 10.1. The van der Waals surface area contributed by atoms with Gasteiger partial charge in [-0.05, 0) is 6.92 Å². The fourth-order valence-corrected chi connectivity index (χ4v) is 1.36. The monoisotopic (exact) mass is 263 g/mol. The molecular formula is C16H29N3. The van der Waals surface area contributed by atoms with E-state index in [1.54, 1.807) is 0 Å². The Kier molecular flexibility index (Phi) is 13.1. The molecule has 0 saturated carbocycles. The molecular weight excluding hydrogens is 234 g/mol. The Hall–Kier alpha value is -1.77. The van der Waals surface area contributed by atoms with Crippen molar-refractivity contribution in [1.82, 2.24) is 9.97 Å². The molecule has 0 radical (unpaired) electrons. The molecule has 0 unspecified atom stereocenters. The molecule has 108 valence electrons. The van der Waals surface area contributed by atoms with E-state index in [0.29, 0.717) is 5.95 Å². The average Bonchev–Trinajstić information content (AvgIpc) is 2.85. The van der Waals surface area contributed by atoms with E-state index in [-0.39, 0.29) is 0 Å². The van der Waals surface area contributed by atoms with Crippen LogP contribution in [0.1, 0.15) is 47.2 Å². The number of nitrogens with zero attached hydrogens (tertiary/aromatic N) is 1. The first-order valence-electron chi connectivity index (χ1n) is 7.15. The summed E-state index contributed by atoms with van der Waals surface area (Å²) in [6, 6.07) is 9.99. The highest BCUT2D eigenvalue weighted by molar-refractivity contribution is 5.63. The first kappa shape index (κ1) is 19.6. The highest BCUT2D eigenvalue weighted by Gasteiger charge is 2.05. The molecule has 0 amide bonds. The number of nitrogen functional groups attached to an aromatic ring is 1. The second-order valence-electron chi connectivity index (χ2n) is 2.96. The highest BCUT2D eigenvalue weighted by Crippen LogP contribution is 2.20. The Morgan fingerprint density at radius 3 is 1.74 bits per heavy atom. The summed E-state index contributed by atoms with van der Waals surface area (Å²) < 4.78 is 0. The van der Waals surface area contributed by atoms with Gasteiger partial charge in [-0.2, -0.15) is 0 Å². The average molecular weight is 263 g/mol. The molecule has 19 heavy (non-hydrogen) atoms. The Morgan fingerprint density at radius 2 is 1.37 bits per heavy atom. The maximum Gasteiger partial charge on any atom is 0.198 e. The van der Waals surface area contributed by atoms with Gasteiger partial charge in [0.15, 0.2) is 5.95 Å². The molecule has 0 aliphatic rings. The number of rotatable bonds is 1.